The highest BCUT2D eigenvalue weighted by Gasteiger charge is 2.15. The van der Waals surface area contributed by atoms with Crippen molar-refractivity contribution in [2.75, 3.05) is 11.1 Å². The molecule has 0 fully saturated rings. The lowest BCUT2D eigenvalue weighted by molar-refractivity contribution is -0.383. The molecule has 0 atom stereocenters. The van der Waals surface area contributed by atoms with Gasteiger partial charge in [0.05, 0.1) is 4.92 Å². The Morgan fingerprint density at radius 1 is 1.29 bits per heavy atom. The van der Waals surface area contributed by atoms with Crippen LogP contribution in [0.5, 0.6) is 0 Å². The number of halogens is 1. The van der Waals surface area contributed by atoms with Gasteiger partial charge in [-0.1, -0.05) is 6.07 Å². The van der Waals surface area contributed by atoms with E-state index in [-0.39, 0.29) is 16.9 Å². The summed E-state index contributed by atoms with van der Waals surface area (Å²) in [5, 5.41) is 13.2. The van der Waals surface area contributed by atoms with Crippen molar-refractivity contribution in [3.05, 3.63) is 63.5 Å². The third kappa shape index (κ3) is 3.14. The summed E-state index contributed by atoms with van der Waals surface area (Å²) in [5.41, 5.74) is 6.33. The second-order valence-corrected chi connectivity index (χ2v) is 4.44. The van der Waals surface area contributed by atoms with E-state index in [1.807, 2.05) is 0 Å². The highest BCUT2D eigenvalue weighted by atomic mass is 19.1. The lowest BCUT2D eigenvalue weighted by atomic mass is 10.1. The van der Waals surface area contributed by atoms with Gasteiger partial charge in [-0.3, -0.25) is 14.9 Å². The van der Waals surface area contributed by atoms with Crippen LogP contribution in [-0.4, -0.2) is 10.8 Å². The number of hydrogen-bond acceptors (Lipinski definition) is 4. The molecule has 0 aromatic heterocycles. The predicted molar refractivity (Wildman–Crippen MR) is 76.6 cm³/mol. The van der Waals surface area contributed by atoms with Crippen LogP contribution in [0, 0.1) is 22.9 Å². The van der Waals surface area contributed by atoms with Gasteiger partial charge >= 0.3 is 0 Å². The number of nitrogens with two attached hydrogens (primary N) is 1. The molecule has 0 unspecified atom stereocenters. The molecule has 7 heteroatoms. The van der Waals surface area contributed by atoms with Crippen LogP contribution in [0.1, 0.15) is 15.9 Å². The van der Waals surface area contributed by atoms with Crippen molar-refractivity contribution < 1.29 is 14.1 Å². The zero-order valence-corrected chi connectivity index (χ0v) is 11.1. The Labute approximate surface area is 119 Å². The molecule has 0 aliphatic rings. The van der Waals surface area contributed by atoms with Gasteiger partial charge in [0, 0.05) is 17.3 Å². The van der Waals surface area contributed by atoms with E-state index in [1.165, 1.54) is 30.3 Å². The molecule has 0 heterocycles. The Morgan fingerprint density at radius 3 is 2.62 bits per heavy atom. The molecule has 0 aliphatic heterocycles. The third-order valence-electron chi connectivity index (χ3n) is 2.93. The topological polar surface area (TPSA) is 98.3 Å². The third-order valence-corrected chi connectivity index (χ3v) is 2.93. The van der Waals surface area contributed by atoms with E-state index in [4.69, 9.17) is 5.73 Å². The minimum absolute atomic E-state index is 0.108. The van der Waals surface area contributed by atoms with Crippen LogP contribution in [0.15, 0.2) is 36.4 Å². The first-order valence-corrected chi connectivity index (χ1v) is 6.00. The second-order valence-electron chi connectivity index (χ2n) is 4.44. The number of nitrogens with zero attached hydrogens (tertiary/aromatic N) is 1. The average Bonchev–Trinajstić information content (AvgIpc) is 2.42. The van der Waals surface area contributed by atoms with Gasteiger partial charge in [-0.25, -0.2) is 4.39 Å². The van der Waals surface area contributed by atoms with Gasteiger partial charge in [0.15, 0.2) is 0 Å². The molecule has 2 aromatic carbocycles. The minimum atomic E-state index is -0.631. The number of amides is 1. The number of hydrogen-bond donors (Lipinski definition) is 2. The zero-order chi connectivity index (χ0) is 15.6. The number of benzene rings is 2. The number of aryl methyl sites for hydroxylation is 1. The van der Waals surface area contributed by atoms with Gasteiger partial charge in [0.2, 0.25) is 0 Å². The maximum atomic E-state index is 13.2. The quantitative estimate of drug-likeness (QED) is 0.515. The Kier molecular flexibility index (Phi) is 3.84. The van der Waals surface area contributed by atoms with Crippen molar-refractivity contribution >= 4 is 23.0 Å². The van der Waals surface area contributed by atoms with E-state index in [2.05, 4.69) is 5.32 Å². The number of anilines is 2. The first-order valence-electron chi connectivity index (χ1n) is 6.00. The molecule has 0 aliphatic carbocycles. The monoisotopic (exact) mass is 289 g/mol. The van der Waals surface area contributed by atoms with Gasteiger partial charge in [-0.05, 0) is 36.8 Å². The Hall–Kier alpha value is -2.96. The van der Waals surface area contributed by atoms with Gasteiger partial charge in [-0.2, -0.15) is 0 Å². The summed E-state index contributed by atoms with van der Waals surface area (Å²) < 4.78 is 13.2. The molecule has 1 amide bonds. The van der Waals surface area contributed by atoms with Crippen LogP contribution >= 0.6 is 0 Å². The van der Waals surface area contributed by atoms with Crippen LogP contribution in [0.25, 0.3) is 0 Å². The molecule has 3 N–H and O–H groups in total. The van der Waals surface area contributed by atoms with Crippen molar-refractivity contribution in [3.8, 4) is 0 Å². The summed E-state index contributed by atoms with van der Waals surface area (Å²) in [5.74, 6) is -0.996. The summed E-state index contributed by atoms with van der Waals surface area (Å²) >= 11 is 0. The van der Waals surface area contributed by atoms with Crippen molar-refractivity contribution in [2.24, 2.45) is 0 Å². The summed E-state index contributed by atoms with van der Waals surface area (Å²) in [6.07, 6.45) is 0. The zero-order valence-electron chi connectivity index (χ0n) is 11.1. The van der Waals surface area contributed by atoms with Gasteiger partial charge in [-0.15, -0.1) is 0 Å². The van der Waals surface area contributed by atoms with E-state index in [0.717, 1.165) is 6.07 Å². The number of nitro groups is 1. The van der Waals surface area contributed by atoms with Crippen molar-refractivity contribution in [1.82, 2.24) is 0 Å². The van der Waals surface area contributed by atoms with Crippen molar-refractivity contribution in [2.45, 2.75) is 6.92 Å². The highest BCUT2D eigenvalue weighted by Crippen LogP contribution is 2.23. The van der Waals surface area contributed by atoms with Crippen LogP contribution in [0.4, 0.5) is 21.5 Å². The number of carbonyl (C=O) groups excluding carboxylic acids is 1. The SMILES string of the molecule is Cc1ccc(F)cc1NC(=O)c1ccc([N+](=O)[O-])c(N)c1. The summed E-state index contributed by atoms with van der Waals surface area (Å²) in [6.45, 7) is 1.72. The standard InChI is InChI=1S/C14H12FN3O3/c1-8-2-4-10(15)7-12(8)17-14(19)9-3-5-13(18(20)21)11(16)6-9/h2-7H,16H2,1H3,(H,17,19). The molecule has 108 valence electrons. The van der Waals surface area contributed by atoms with Gasteiger partial charge < -0.3 is 11.1 Å². The van der Waals surface area contributed by atoms with Crippen LogP contribution in [0.3, 0.4) is 0 Å². The number of rotatable bonds is 3. The van der Waals surface area contributed by atoms with E-state index in [1.54, 1.807) is 6.92 Å². The molecule has 0 saturated heterocycles. The summed E-state index contributed by atoms with van der Waals surface area (Å²) in [4.78, 5) is 22.1. The molecule has 0 bridgehead atoms. The molecule has 21 heavy (non-hydrogen) atoms. The highest BCUT2D eigenvalue weighted by molar-refractivity contribution is 6.05. The van der Waals surface area contributed by atoms with Crippen molar-refractivity contribution in [3.63, 3.8) is 0 Å². The first kappa shape index (κ1) is 14.4. The Morgan fingerprint density at radius 2 is 2.00 bits per heavy atom. The fraction of sp³-hybridized carbons (Fsp3) is 0.0714. The maximum absolute atomic E-state index is 13.2. The molecule has 2 aromatic rings. The summed E-state index contributed by atoms with van der Waals surface area (Å²) in [7, 11) is 0. The fourth-order valence-corrected chi connectivity index (χ4v) is 1.79. The van der Waals surface area contributed by atoms with E-state index >= 15 is 0 Å². The Balaban J connectivity index is 2.26. The minimum Gasteiger partial charge on any atom is -0.393 e. The molecular weight excluding hydrogens is 277 g/mol. The Bertz CT molecular complexity index is 731. The van der Waals surface area contributed by atoms with E-state index in [0.29, 0.717) is 11.3 Å². The van der Waals surface area contributed by atoms with Gasteiger partial charge in [0.25, 0.3) is 11.6 Å². The predicted octanol–water partition coefficient (Wildman–Crippen LogP) is 2.88. The molecule has 6 nitrogen and oxygen atoms in total. The largest absolute Gasteiger partial charge is 0.393 e. The number of nitrogen functional groups attached to an aromatic ring is 1. The normalized spacial score (nSPS) is 10.2. The fourth-order valence-electron chi connectivity index (χ4n) is 1.79. The van der Waals surface area contributed by atoms with Gasteiger partial charge in [0.1, 0.15) is 11.5 Å². The molecule has 0 spiro atoms. The lowest BCUT2D eigenvalue weighted by Crippen LogP contribution is -2.13. The number of nitrogens with one attached hydrogen (secondary N) is 1. The smallest absolute Gasteiger partial charge is 0.292 e. The summed E-state index contributed by atoms with van der Waals surface area (Å²) in [6, 6.07) is 7.68. The average molecular weight is 289 g/mol. The van der Waals surface area contributed by atoms with Crippen LogP contribution in [0.2, 0.25) is 0 Å². The van der Waals surface area contributed by atoms with Crippen molar-refractivity contribution in [1.29, 1.82) is 0 Å². The van der Waals surface area contributed by atoms with Crippen LogP contribution < -0.4 is 11.1 Å². The molecule has 0 radical (unpaired) electrons. The molecular formula is C14H12FN3O3. The lowest BCUT2D eigenvalue weighted by Gasteiger charge is -2.09. The first-order chi connectivity index (χ1) is 9.88. The van der Waals surface area contributed by atoms with Crippen LogP contribution in [-0.2, 0) is 0 Å². The van der Waals surface area contributed by atoms with E-state index < -0.39 is 16.6 Å². The number of carbonyl (C=O) groups is 1. The second kappa shape index (κ2) is 5.58. The molecule has 2 rings (SSSR count). The van der Waals surface area contributed by atoms with E-state index in [9.17, 15) is 19.3 Å². The molecule has 0 saturated carbocycles. The number of nitro benzene ring substituents is 1. The maximum Gasteiger partial charge on any atom is 0.292 e.